The normalized spacial score (nSPS) is 23.9. The average Bonchev–Trinajstić information content (AvgIpc) is 3.67. The van der Waals surface area contributed by atoms with Crippen LogP contribution in [0, 0.1) is 5.41 Å². The molecule has 2 unspecified atom stereocenters. The van der Waals surface area contributed by atoms with E-state index in [1.54, 1.807) is 11.8 Å². The smallest absolute Gasteiger partial charge is 0.410 e. The van der Waals surface area contributed by atoms with Crippen LogP contribution < -0.4 is 0 Å². The van der Waals surface area contributed by atoms with Crippen LogP contribution in [0.5, 0.6) is 0 Å². The third-order valence-corrected chi connectivity index (χ3v) is 7.84. The minimum atomic E-state index is -0.930. The van der Waals surface area contributed by atoms with Crippen LogP contribution in [0.3, 0.4) is 0 Å². The van der Waals surface area contributed by atoms with Gasteiger partial charge in [-0.1, -0.05) is 30.3 Å². The molecule has 2 heterocycles. The summed E-state index contributed by atoms with van der Waals surface area (Å²) in [5.41, 5.74) is 0.836. The van der Waals surface area contributed by atoms with Crippen molar-refractivity contribution in [1.82, 2.24) is 14.7 Å². The SMILES string of the molecule is COC(=O)[C@H](CCC(=O)N1CCC2(CC2)C(O)C1)N1CCN(C(=O)OCc2ccccc2)C(C)C1=O. The molecule has 4 rings (SSSR count). The Hall–Kier alpha value is -3.14. The first-order valence-corrected chi connectivity index (χ1v) is 12.6. The van der Waals surface area contributed by atoms with E-state index in [0.717, 1.165) is 24.8 Å². The van der Waals surface area contributed by atoms with Crippen LogP contribution in [0.15, 0.2) is 30.3 Å². The van der Waals surface area contributed by atoms with Crippen molar-refractivity contribution < 1.29 is 33.8 Å². The first-order chi connectivity index (χ1) is 17.3. The largest absolute Gasteiger partial charge is 0.467 e. The van der Waals surface area contributed by atoms with E-state index in [-0.39, 0.29) is 43.9 Å². The molecular formula is C26H35N3O7. The summed E-state index contributed by atoms with van der Waals surface area (Å²) in [6, 6.07) is 7.51. The van der Waals surface area contributed by atoms with Gasteiger partial charge in [0.1, 0.15) is 18.7 Å². The van der Waals surface area contributed by atoms with E-state index in [9.17, 15) is 24.3 Å². The van der Waals surface area contributed by atoms with E-state index in [0.29, 0.717) is 13.1 Å². The zero-order valence-corrected chi connectivity index (χ0v) is 20.9. The van der Waals surface area contributed by atoms with Gasteiger partial charge in [-0.15, -0.1) is 0 Å². The molecule has 3 atom stereocenters. The Kier molecular flexibility index (Phi) is 7.82. The van der Waals surface area contributed by atoms with E-state index in [2.05, 4.69) is 0 Å². The first-order valence-electron chi connectivity index (χ1n) is 12.6. The molecule has 196 valence electrons. The number of esters is 1. The van der Waals surface area contributed by atoms with Crippen molar-refractivity contribution in [1.29, 1.82) is 0 Å². The monoisotopic (exact) mass is 501 g/mol. The van der Waals surface area contributed by atoms with Gasteiger partial charge < -0.3 is 24.4 Å². The number of methoxy groups -OCH3 is 1. The van der Waals surface area contributed by atoms with Gasteiger partial charge in [-0.3, -0.25) is 14.5 Å². The highest BCUT2D eigenvalue weighted by atomic mass is 16.6. The van der Waals surface area contributed by atoms with Crippen molar-refractivity contribution in [3.63, 3.8) is 0 Å². The molecule has 10 heteroatoms. The number of aliphatic hydroxyl groups excluding tert-OH is 1. The minimum absolute atomic E-state index is 0.00416. The summed E-state index contributed by atoms with van der Waals surface area (Å²) in [5, 5.41) is 10.4. The fourth-order valence-electron chi connectivity index (χ4n) is 5.20. The fraction of sp³-hybridized carbons (Fsp3) is 0.615. The van der Waals surface area contributed by atoms with E-state index in [1.165, 1.54) is 16.9 Å². The van der Waals surface area contributed by atoms with Crippen LogP contribution in [0.2, 0.25) is 0 Å². The van der Waals surface area contributed by atoms with E-state index in [1.807, 2.05) is 30.3 Å². The maximum Gasteiger partial charge on any atom is 0.410 e. The lowest BCUT2D eigenvalue weighted by molar-refractivity contribution is -0.158. The Balaban J connectivity index is 1.33. The van der Waals surface area contributed by atoms with Gasteiger partial charge in [0.05, 0.1) is 13.2 Å². The summed E-state index contributed by atoms with van der Waals surface area (Å²) in [4.78, 5) is 55.6. The summed E-state index contributed by atoms with van der Waals surface area (Å²) in [5.74, 6) is -1.15. The first kappa shape index (κ1) is 25.9. The molecule has 3 aliphatic rings. The Morgan fingerprint density at radius 3 is 2.47 bits per heavy atom. The highest BCUT2D eigenvalue weighted by molar-refractivity contribution is 5.90. The molecule has 0 bridgehead atoms. The number of carbonyl (C=O) groups is 4. The maximum atomic E-state index is 13.2. The quantitative estimate of drug-likeness (QED) is 0.564. The van der Waals surface area contributed by atoms with Crippen LogP contribution in [0.4, 0.5) is 4.79 Å². The predicted octanol–water partition coefficient (Wildman–Crippen LogP) is 1.55. The third-order valence-electron chi connectivity index (χ3n) is 7.84. The van der Waals surface area contributed by atoms with Gasteiger partial charge in [0.15, 0.2) is 0 Å². The highest BCUT2D eigenvalue weighted by Crippen LogP contribution is 2.53. The molecule has 1 saturated carbocycles. The fourth-order valence-corrected chi connectivity index (χ4v) is 5.20. The summed E-state index contributed by atoms with van der Waals surface area (Å²) in [7, 11) is 1.25. The molecule has 0 aromatic heterocycles. The van der Waals surface area contributed by atoms with Crippen LogP contribution in [0.25, 0.3) is 0 Å². The lowest BCUT2D eigenvalue weighted by Gasteiger charge is -2.41. The topological polar surface area (TPSA) is 117 Å². The summed E-state index contributed by atoms with van der Waals surface area (Å²) in [6.07, 6.45) is 1.86. The van der Waals surface area contributed by atoms with Gasteiger partial charge in [0, 0.05) is 32.6 Å². The van der Waals surface area contributed by atoms with E-state index >= 15 is 0 Å². The van der Waals surface area contributed by atoms with Gasteiger partial charge in [-0.25, -0.2) is 9.59 Å². The summed E-state index contributed by atoms with van der Waals surface area (Å²) < 4.78 is 10.3. The number of hydrogen-bond acceptors (Lipinski definition) is 7. The predicted molar refractivity (Wildman–Crippen MR) is 128 cm³/mol. The van der Waals surface area contributed by atoms with Crippen LogP contribution in [-0.4, -0.2) is 95.2 Å². The van der Waals surface area contributed by atoms with Crippen LogP contribution in [0.1, 0.15) is 44.6 Å². The molecule has 2 saturated heterocycles. The molecule has 2 aliphatic heterocycles. The lowest BCUT2D eigenvalue weighted by atomic mass is 9.90. The zero-order valence-electron chi connectivity index (χ0n) is 20.9. The molecule has 0 radical (unpaired) electrons. The number of β-amino-alcohol motifs (C(OH)–C–C–N with tert-alkyl or cyclic N) is 1. The molecular weight excluding hydrogens is 466 g/mol. The molecule has 1 N–H and O–H groups in total. The minimum Gasteiger partial charge on any atom is -0.467 e. The van der Waals surface area contributed by atoms with E-state index < -0.39 is 36.2 Å². The number of ether oxygens (including phenoxy) is 2. The number of nitrogens with zero attached hydrogens (tertiary/aromatic N) is 3. The molecule has 3 fully saturated rings. The number of piperidine rings is 1. The van der Waals surface area contributed by atoms with Crippen molar-refractivity contribution in [3.8, 4) is 0 Å². The molecule has 1 aliphatic carbocycles. The lowest BCUT2D eigenvalue weighted by Crippen LogP contribution is -2.61. The number of rotatable bonds is 7. The third kappa shape index (κ3) is 5.48. The number of likely N-dealkylation sites (tertiary alicyclic amines) is 1. The van der Waals surface area contributed by atoms with Gasteiger partial charge in [-0.05, 0) is 43.6 Å². The number of carbonyl (C=O) groups excluding carboxylic acids is 4. The van der Waals surface area contributed by atoms with Gasteiger partial charge in [-0.2, -0.15) is 0 Å². The molecule has 1 aromatic carbocycles. The van der Waals surface area contributed by atoms with Crippen molar-refractivity contribution in [2.45, 2.75) is 63.8 Å². The summed E-state index contributed by atoms with van der Waals surface area (Å²) >= 11 is 0. The van der Waals surface area contributed by atoms with Gasteiger partial charge in [0.2, 0.25) is 11.8 Å². The number of benzene rings is 1. The second kappa shape index (κ2) is 10.9. The zero-order chi connectivity index (χ0) is 25.9. The number of hydrogen-bond donors (Lipinski definition) is 1. The van der Waals surface area contributed by atoms with Crippen molar-refractivity contribution in [2.24, 2.45) is 5.41 Å². The van der Waals surface area contributed by atoms with E-state index in [4.69, 9.17) is 9.47 Å². The Morgan fingerprint density at radius 1 is 1.11 bits per heavy atom. The molecule has 10 nitrogen and oxygen atoms in total. The Labute approximate surface area is 211 Å². The van der Waals surface area contributed by atoms with Crippen LogP contribution in [-0.2, 0) is 30.5 Å². The molecule has 36 heavy (non-hydrogen) atoms. The van der Waals surface area contributed by atoms with Crippen LogP contribution >= 0.6 is 0 Å². The van der Waals surface area contributed by atoms with Crippen molar-refractivity contribution >= 4 is 23.9 Å². The molecule has 1 spiro atoms. The second-order valence-corrected chi connectivity index (χ2v) is 9.99. The van der Waals surface area contributed by atoms with Gasteiger partial charge >= 0.3 is 12.1 Å². The number of aliphatic hydroxyl groups is 1. The number of amides is 3. The second-order valence-electron chi connectivity index (χ2n) is 9.99. The van der Waals surface area contributed by atoms with Crippen molar-refractivity contribution in [2.75, 3.05) is 33.3 Å². The average molecular weight is 502 g/mol. The molecule has 1 aromatic rings. The summed E-state index contributed by atoms with van der Waals surface area (Å²) in [6.45, 7) is 2.92. The molecule has 3 amide bonds. The highest BCUT2D eigenvalue weighted by Gasteiger charge is 2.51. The Bertz CT molecular complexity index is 981. The maximum absolute atomic E-state index is 13.2. The van der Waals surface area contributed by atoms with Crippen molar-refractivity contribution in [3.05, 3.63) is 35.9 Å². The standard InChI is InChI=1S/C26H35N3O7/c1-18-23(32)29(15-14-28(18)25(34)36-17-19-6-4-3-5-7-19)20(24(33)35-2)8-9-22(31)27-13-12-26(10-11-26)21(30)16-27/h3-7,18,20-21,30H,8-17H2,1-2H3/t18?,20-,21?/m0/s1. The number of piperazine rings is 1. The Morgan fingerprint density at radius 2 is 1.83 bits per heavy atom. The van der Waals surface area contributed by atoms with Gasteiger partial charge in [0.25, 0.3) is 0 Å².